The fourth-order valence-electron chi connectivity index (χ4n) is 2.97. The summed E-state index contributed by atoms with van der Waals surface area (Å²) in [5.74, 6) is 0.465. The first-order valence-corrected chi connectivity index (χ1v) is 8.71. The molecule has 0 aliphatic carbocycles. The summed E-state index contributed by atoms with van der Waals surface area (Å²) in [6, 6.07) is 7.31. The lowest BCUT2D eigenvalue weighted by molar-refractivity contribution is -0.131. The number of urea groups is 1. The lowest BCUT2D eigenvalue weighted by atomic mass is 9.84. The van der Waals surface area contributed by atoms with Crippen LogP contribution in [0, 0.1) is 0 Å². The van der Waals surface area contributed by atoms with Crippen LogP contribution in [0.5, 0.6) is 0 Å². The topological polar surface area (TPSA) is 88.3 Å². The Kier molecular flexibility index (Phi) is 4.34. The molecule has 1 saturated heterocycles. The van der Waals surface area contributed by atoms with Crippen molar-refractivity contribution in [3.8, 4) is 0 Å². The van der Waals surface area contributed by atoms with E-state index in [4.69, 9.17) is 4.52 Å². The number of imide groups is 1. The zero-order chi connectivity index (χ0) is 19.1. The van der Waals surface area contributed by atoms with E-state index in [0.717, 1.165) is 16.0 Å². The van der Waals surface area contributed by atoms with Gasteiger partial charge in [0, 0.05) is 6.42 Å². The van der Waals surface area contributed by atoms with Gasteiger partial charge in [0.2, 0.25) is 5.89 Å². The van der Waals surface area contributed by atoms with Crippen molar-refractivity contribution in [1.82, 2.24) is 20.4 Å². The van der Waals surface area contributed by atoms with Gasteiger partial charge >= 0.3 is 6.03 Å². The van der Waals surface area contributed by atoms with Crippen LogP contribution in [-0.4, -0.2) is 27.0 Å². The van der Waals surface area contributed by atoms with Crippen molar-refractivity contribution in [2.45, 2.75) is 58.5 Å². The van der Waals surface area contributed by atoms with E-state index in [1.165, 1.54) is 0 Å². The number of aromatic nitrogens is 2. The van der Waals surface area contributed by atoms with Crippen LogP contribution in [0.2, 0.25) is 0 Å². The van der Waals surface area contributed by atoms with Gasteiger partial charge in [-0.05, 0) is 23.5 Å². The Morgan fingerprint density at radius 1 is 1.19 bits per heavy atom. The third-order valence-corrected chi connectivity index (χ3v) is 4.72. The number of aryl methyl sites for hydroxylation is 1. The first-order chi connectivity index (χ1) is 12.1. The van der Waals surface area contributed by atoms with Crippen LogP contribution >= 0.6 is 0 Å². The van der Waals surface area contributed by atoms with E-state index in [1.54, 1.807) is 6.92 Å². The lowest BCUT2D eigenvalue weighted by Gasteiger charge is -2.24. The minimum absolute atomic E-state index is 0.0172. The smallest absolute Gasteiger partial charge is 0.325 e. The number of rotatable bonds is 4. The molecule has 1 unspecified atom stereocenters. The molecule has 0 saturated carbocycles. The van der Waals surface area contributed by atoms with Gasteiger partial charge < -0.3 is 9.84 Å². The minimum Gasteiger partial charge on any atom is -0.337 e. The summed E-state index contributed by atoms with van der Waals surface area (Å²) in [5.41, 5.74) is 0.812. The molecule has 1 aromatic carbocycles. The summed E-state index contributed by atoms with van der Waals surface area (Å²) in [6.07, 6.45) is 0.626. The van der Waals surface area contributed by atoms with E-state index < -0.39 is 11.6 Å². The fraction of sp³-hybridized carbons (Fsp3) is 0.474. The molecule has 3 rings (SSSR count). The molecule has 0 bridgehead atoms. The summed E-state index contributed by atoms with van der Waals surface area (Å²) < 4.78 is 5.11. The summed E-state index contributed by atoms with van der Waals surface area (Å²) in [7, 11) is 0. The highest BCUT2D eigenvalue weighted by molar-refractivity contribution is 6.07. The normalized spacial score (nSPS) is 20.6. The highest BCUT2D eigenvalue weighted by Crippen LogP contribution is 2.31. The number of carbonyl (C=O) groups is 2. The summed E-state index contributed by atoms with van der Waals surface area (Å²) >= 11 is 0. The van der Waals surface area contributed by atoms with Gasteiger partial charge in [-0.1, -0.05) is 57.1 Å². The average molecular weight is 356 g/mol. The molecule has 1 N–H and O–H groups in total. The molecule has 7 nitrogen and oxygen atoms in total. The Labute approximate surface area is 152 Å². The van der Waals surface area contributed by atoms with Crippen molar-refractivity contribution in [3.05, 3.63) is 47.1 Å². The maximum absolute atomic E-state index is 13.0. The maximum atomic E-state index is 13.0. The van der Waals surface area contributed by atoms with Gasteiger partial charge in [0.05, 0.1) is 0 Å². The number of amides is 3. The third-order valence-electron chi connectivity index (χ3n) is 4.72. The van der Waals surface area contributed by atoms with Crippen LogP contribution in [0.1, 0.15) is 57.5 Å². The van der Waals surface area contributed by atoms with E-state index >= 15 is 0 Å². The monoisotopic (exact) mass is 356 g/mol. The van der Waals surface area contributed by atoms with Crippen molar-refractivity contribution in [2.75, 3.05) is 0 Å². The Hall–Kier alpha value is -2.70. The summed E-state index contributed by atoms with van der Waals surface area (Å²) in [6.45, 7) is 9.97. The van der Waals surface area contributed by atoms with E-state index in [0.29, 0.717) is 12.2 Å². The first-order valence-electron chi connectivity index (χ1n) is 8.71. The zero-order valence-corrected chi connectivity index (χ0v) is 15.8. The van der Waals surface area contributed by atoms with Gasteiger partial charge in [0.1, 0.15) is 12.1 Å². The third kappa shape index (κ3) is 3.09. The van der Waals surface area contributed by atoms with Gasteiger partial charge in [-0.2, -0.15) is 4.98 Å². The molecule has 1 atom stereocenters. The largest absolute Gasteiger partial charge is 0.337 e. The highest BCUT2D eigenvalue weighted by atomic mass is 16.5. The predicted octanol–water partition coefficient (Wildman–Crippen LogP) is 2.90. The van der Waals surface area contributed by atoms with Crippen LogP contribution in [-0.2, 0) is 28.7 Å². The minimum atomic E-state index is -1.11. The molecule has 7 heteroatoms. The number of hydrogen-bond acceptors (Lipinski definition) is 5. The molecular weight excluding hydrogens is 332 g/mol. The van der Waals surface area contributed by atoms with Crippen LogP contribution in [0.25, 0.3) is 0 Å². The molecule has 0 spiro atoms. The maximum Gasteiger partial charge on any atom is 0.325 e. The van der Waals surface area contributed by atoms with Crippen LogP contribution in [0.15, 0.2) is 28.8 Å². The van der Waals surface area contributed by atoms with Gasteiger partial charge in [0.15, 0.2) is 5.82 Å². The lowest BCUT2D eigenvalue weighted by Crippen LogP contribution is -2.40. The van der Waals surface area contributed by atoms with Crippen molar-refractivity contribution >= 4 is 11.9 Å². The Morgan fingerprint density at radius 3 is 2.38 bits per heavy atom. The van der Waals surface area contributed by atoms with Gasteiger partial charge in [-0.3, -0.25) is 9.69 Å². The second-order valence-electron chi connectivity index (χ2n) is 7.73. The molecule has 1 aliphatic rings. The van der Waals surface area contributed by atoms with Crippen molar-refractivity contribution in [2.24, 2.45) is 0 Å². The number of carbonyl (C=O) groups excluding carboxylic acids is 2. The quantitative estimate of drug-likeness (QED) is 0.851. The average Bonchev–Trinajstić information content (AvgIpc) is 3.13. The van der Waals surface area contributed by atoms with Crippen molar-refractivity contribution in [1.29, 1.82) is 0 Å². The molecule has 1 fully saturated rings. The SMILES string of the molecule is CCc1noc(CN2C(=O)NC(C)(c3ccc(C(C)(C)C)cc3)C2=O)n1. The van der Waals surface area contributed by atoms with Gasteiger partial charge in [-0.25, -0.2) is 4.79 Å². The second-order valence-corrected chi connectivity index (χ2v) is 7.73. The molecule has 138 valence electrons. The Morgan fingerprint density at radius 2 is 1.85 bits per heavy atom. The van der Waals surface area contributed by atoms with Gasteiger partial charge in [0.25, 0.3) is 5.91 Å². The summed E-state index contributed by atoms with van der Waals surface area (Å²) in [5, 5.41) is 6.59. The summed E-state index contributed by atoms with van der Waals surface area (Å²) in [4.78, 5) is 30.6. The van der Waals surface area contributed by atoms with Crippen LogP contribution < -0.4 is 5.32 Å². The Bertz CT molecular complexity index is 835. The fourth-order valence-corrected chi connectivity index (χ4v) is 2.97. The first kappa shape index (κ1) is 18.1. The standard InChI is InChI=1S/C19H24N4O3/c1-6-14-20-15(26-22-14)11-23-16(24)19(5,21-17(23)25)13-9-7-12(8-10-13)18(2,3)4/h7-10H,6,11H2,1-5H3,(H,21,25). The highest BCUT2D eigenvalue weighted by Gasteiger charge is 2.49. The molecule has 1 aliphatic heterocycles. The zero-order valence-electron chi connectivity index (χ0n) is 15.8. The van der Waals surface area contributed by atoms with Gasteiger partial charge in [-0.15, -0.1) is 0 Å². The number of nitrogens with zero attached hydrogens (tertiary/aromatic N) is 3. The molecule has 1 aromatic heterocycles. The van der Waals surface area contributed by atoms with Crippen LogP contribution in [0.3, 0.4) is 0 Å². The molecule has 26 heavy (non-hydrogen) atoms. The van der Waals surface area contributed by atoms with E-state index in [9.17, 15) is 9.59 Å². The number of hydrogen-bond donors (Lipinski definition) is 1. The molecular formula is C19H24N4O3. The van der Waals surface area contributed by atoms with E-state index in [1.807, 2.05) is 31.2 Å². The second kappa shape index (κ2) is 6.23. The Balaban J connectivity index is 1.84. The molecule has 3 amide bonds. The number of nitrogens with one attached hydrogen (secondary N) is 1. The molecule has 2 aromatic rings. The predicted molar refractivity (Wildman–Crippen MR) is 95.3 cm³/mol. The molecule has 2 heterocycles. The van der Waals surface area contributed by atoms with Crippen LogP contribution in [0.4, 0.5) is 4.79 Å². The molecule has 0 radical (unpaired) electrons. The van der Waals surface area contributed by atoms with Crippen molar-refractivity contribution in [3.63, 3.8) is 0 Å². The van der Waals surface area contributed by atoms with E-state index in [-0.39, 0.29) is 23.8 Å². The number of benzene rings is 1. The van der Waals surface area contributed by atoms with Crippen molar-refractivity contribution < 1.29 is 14.1 Å². The van der Waals surface area contributed by atoms with E-state index in [2.05, 4.69) is 36.2 Å².